The van der Waals surface area contributed by atoms with Gasteiger partial charge in [0.15, 0.2) is 22.5 Å². The van der Waals surface area contributed by atoms with E-state index in [4.69, 9.17) is 23.2 Å². The SMILES string of the molecule is Cc1nc2c(N=Nc3ncnc(Cl)c3Cl)c(NC(=O)C(C)O)nn2[nH]1. The Morgan fingerprint density at radius 3 is 2.88 bits per heavy atom. The van der Waals surface area contributed by atoms with E-state index in [0.717, 1.165) is 0 Å². The predicted molar refractivity (Wildman–Crippen MR) is 88.6 cm³/mol. The van der Waals surface area contributed by atoms with Gasteiger partial charge in [-0.2, -0.15) is 0 Å². The molecule has 0 aliphatic rings. The minimum atomic E-state index is -1.23. The molecule has 0 aromatic carbocycles. The first-order valence-electron chi connectivity index (χ1n) is 6.89. The van der Waals surface area contributed by atoms with Gasteiger partial charge in [0.1, 0.15) is 23.3 Å². The second kappa shape index (κ2) is 6.70. The van der Waals surface area contributed by atoms with Crippen LogP contribution in [0.4, 0.5) is 17.3 Å². The summed E-state index contributed by atoms with van der Waals surface area (Å²) in [5.41, 5.74) is 0.475. The summed E-state index contributed by atoms with van der Waals surface area (Å²) in [7, 11) is 0. The van der Waals surface area contributed by atoms with Crippen molar-refractivity contribution in [1.29, 1.82) is 0 Å². The monoisotopic (exact) mass is 383 g/mol. The molecule has 11 nitrogen and oxygen atoms in total. The molecule has 130 valence electrons. The van der Waals surface area contributed by atoms with Gasteiger partial charge in [0.2, 0.25) is 5.65 Å². The number of halogens is 2. The van der Waals surface area contributed by atoms with Crippen LogP contribution in [0.25, 0.3) is 5.65 Å². The van der Waals surface area contributed by atoms with Crippen LogP contribution in [-0.2, 0) is 4.79 Å². The number of aliphatic hydroxyl groups is 1. The summed E-state index contributed by atoms with van der Waals surface area (Å²) in [4.78, 5) is 23.5. The van der Waals surface area contributed by atoms with E-state index >= 15 is 0 Å². The van der Waals surface area contributed by atoms with Gasteiger partial charge in [0.25, 0.3) is 5.91 Å². The number of H-pyrrole nitrogens is 1. The largest absolute Gasteiger partial charge is 0.384 e. The van der Waals surface area contributed by atoms with Crippen LogP contribution in [0.1, 0.15) is 12.7 Å². The fraction of sp³-hybridized carbons (Fsp3) is 0.250. The first-order valence-corrected chi connectivity index (χ1v) is 7.64. The molecule has 0 saturated heterocycles. The first-order chi connectivity index (χ1) is 11.9. The van der Waals surface area contributed by atoms with Gasteiger partial charge in [-0.05, 0) is 13.8 Å². The number of hydrogen-bond donors (Lipinski definition) is 3. The molecular formula is C12H11Cl2N9O2. The van der Waals surface area contributed by atoms with Crippen LogP contribution in [0.15, 0.2) is 16.6 Å². The summed E-state index contributed by atoms with van der Waals surface area (Å²) in [5, 5.41) is 26.8. The van der Waals surface area contributed by atoms with E-state index in [2.05, 4.69) is 40.7 Å². The minimum Gasteiger partial charge on any atom is -0.384 e. The second-order valence-electron chi connectivity index (χ2n) is 4.91. The number of aromatic amines is 1. The number of aromatic nitrogens is 6. The van der Waals surface area contributed by atoms with Crippen LogP contribution >= 0.6 is 23.2 Å². The summed E-state index contributed by atoms with van der Waals surface area (Å²) in [5.74, 6) is 0.0262. The van der Waals surface area contributed by atoms with Gasteiger partial charge in [-0.1, -0.05) is 23.2 Å². The second-order valence-corrected chi connectivity index (χ2v) is 5.64. The molecule has 0 fully saturated rings. The first kappa shape index (κ1) is 17.2. The predicted octanol–water partition coefficient (Wildman–Crippen LogP) is 2.20. The smallest absolute Gasteiger partial charge is 0.254 e. The van der Waals surface area contributed by atoms with Crippen molar-refractivity contribution in [2.24, 2.45) is 10.2 Å². The van der Waals surface area contributed by atoms with Crippen LogP contribution < -0.4 is 5.32 Å². The zero-order valence-corrected chi connectivity index (χ0v) is 14.4. The molecule has 1 unspecified atom stereocenters. The molecule has 0 aliphatic carbocycles. The van der Waals surface area contributed by atoms with Gasteiger partial charge in [-0.15, -0.1) is 20.0 Å². The number of nitrogens with one attached hydrogen (secondary N) is 2. The number of anilines is 1. The zero-order chi connectivity index (χ0) is 18.1. The van der Waals surface area contributed by atoms with E-state index in [-0.39, 0.29) is 27.5 Å². The summed E-state index contributed by atoms with van der Waals surface area (Å²) < 4.78 is 1.32. The molecule has 0 spiro atoms. The van der Waals surface area contributed by atoms with Gasteiger partial charge in [0, 0.05) is 0 Å². The molecule has 3 N–H and O–H groups in total. The number of azo groups is 1. The van der Waals surface area contributed by atoms with Crippen molar-refractivity contribution in [3.05, 3.63) is 22.3 Å². The number of nitrogens with zero attached hydrogens (tertiary/aromatic N) is 7. The van der Waals surface area contributed by atoms with Gasteiger partial charge >= 0.3 is 0 Å². The summed E-state index contributed by atoms with van der Waals surface area (Å²) in [6, 6.07) is 0. The minimum absolute atomic E-state index is 0.0315. The number of carbonyl (C=O) groups excluding carboxylic acids is 1. The topological polar surface area (TPSA) is 146 Å². The lowest BCUT2D eigenvalue weighted by Gasteiger charge is -2.04. The van der Waals surface area contributed by atoms with E-state index in [1.54, 1.807) is 6.92 Å². The fourth-order valence-electron chi connectivity index (χ4n) is 1.82. The Labute approximate surface area is 150 Å². The molecule has 25 heavy (non-hydrogen) atoms. The number of aliphatic hydroxyl groups excluding tert-OH is 1. The van der Waals surface area contributed by atoms with E-state index in [1.165, 1.54) is 17.9 Å². The molecule has 0 bridgehead atoms. The van der Waals surface area contributed by atoms with Crippen LogP contribution in [0, 0.1) is 6.92 Å². The summed E-state index contributed by atoms with van der Waals surface area (Å²) in [6.07, 6.45) is -0.0417. The molecule has 3 aromatic rings. The van der Waals surface area contributed by atoms with Crippen LogP contribution in [0.3, 0.4) is 0 Å². The lowest BCUT2D eigenvalue weighted by Crippen LogP contribution is -2.24. The molecular weight excluding hydrogens is 373 g/mol. The Balaban J connectivity index is 2.04. The molecule has 1 atom stereocenters. The van der Waals surface area contributed by atoms with Crippen molar-refractivity contribution < 1.29 is 9.90 Å². The summed E-state index contributed by atoms with van der Waals surface area (Å²) in [6.45, 7) is 3.05. The van der Waals surface area contributed by atoms with E-state index < -0.39 is 12.0 Å². The normalized spacial score (nSPS) is 12.8. The third kappa shape index (κ3) is 3.43. The third-order valence-electron chi connectivity index (χ3n) is 2.97. The number of rotatable bonds is 4. The highest BCUT2D eigenvalue weighted by Crippen LogP contribution is 2.33. The van der Waals surface area contributed by atoms with E-state index in [1.807, 2.05) is 0 Å². The number of amides is 1. The maximum Gasteiger partial charge on any atom is 0.254 e. The van der Waals surface area contributed by atoms with Gasteiger partial charge in [-0.25, -0.2) is 15.0 Å². The molecule has 0 aliphatic heterocycles. The Morgan fingerprint density at radius 1 is 1.40 bits per heavy atom. The van der Waals surface area contributed by atoms with Crippen molar-refractivity contribution >= 4 is 52.1 Å². The average Bonchev–Trinajstić information content (AvgIpc) is 3.05. The standard InChI is InChI=1S/C12H11Cl2N9O2/c1-4(24)12(25)18-10-7(11-17-5(2)21-23(11)22-10)19-20-9-6(13)8(14)15-3-16-9/h3-4,24H,1-2H3,(H,17,21)(H,18,22,25). The van der Waals surface area contributed by atoms with E-state index in [0.29, 0.717) is 11.5 Å². The lowest BCUT2D eigenvalue weighted by molar-refractivity contribution is -0.123. The number of fused-ring (bicyclic) bond motifs is 1. The fourth-order valence-corrected chi connectivity index (χ4v) is 2.08. The van der Waals surface area contributed by atoms with Gasteiger partial charge in [0.05, 0.1) is 0 Å². The van der Waals surface area contributed by atoms with Crippen molar-refractivity contribution in [2.75, 3.05) is 5.32 Å². The van der Waals surface area contributed by atoms with Crippen molar-refractivity contribution in [2.45, 2.75) is 20.0 Å². The zero-order valence-electron chi connectivity index (χ0n) is 12.9. The molecule has 3 aromatic heterocycles. The van der Waals surface area contributed by atoms with Gasteiger partial charge in [-0.3, -0.25) is 9.89 Å². The van der Waals surface area contributed by atoms with E-state index in [9.17, 15) is 9.90 Å². The molecule has 0 saturated carbocycles. The number of hydrogen-bond acceptors (Lipinski definition) is 8. The lowest BCUT2D eigenvalue weighted by atomic mass is 10.4. The van der Waals surface area contributed by atoms with Gasteiger partial charge < -0.3 is 10.4 Å². The van der Waals surface area contributed by atoms with Crippen LogP contribution in [-0.4, -0.2) is 46.9 Å². The van der Waals surface area contributed by atoms with Crippen molar-refractivity contribution in [3.8, 4) is 0 Å². The number of aryl methyl sites for hydroxylation is 1. The highest BCUT2D eigenvalue weighted by atomic mass is 35.5. The number of carbonyl (C=O) groups is 1. The Kier molecular flexibility index (Phi) is 4.61. The third-order valence-corrected chi connectivity index (χ3v) is 3.70. The molecule has 3 rings (SSSR count). The quantitative estimate of drug-likeness (QED) is 0.464. The summed E-state index contributed by atoms with van der Waals surface area (Å²) >= 11 is 11.8. The molecule has 1 amide bonds. The Bertz CT molecular complexity index is 979. The highest BCUT2D eigenvalue weighted by Gasteiger charge is 2.20. The highest BCUT2D eigenvalue weighted by molar-refractivity contribution is 6.42. The average molecular weight is 384 g/mol. The van der Waals surface area contributed by atoms with Crippen LogP contribution in [0.2, 0.25) is 10.2 Å². The Morgan fingerprint density at radius 2 is 2.16 bits per heavy atom. The molecule has 0 radical (unpaired) electrons. The van der Waals surface area contributed by atoms with Crippen LogP contribution in [0.5, 0.6) is 0 Å². The van der Waals surface area contributed by atoms with Crippen molar-refractivity contribution in [3.63, 3.8) is 0 Å². The maximum absolute atomic E-state index is 11.7. The maximum atomic E-state index is 11.7. The van der Waals surface area contributed by atoms with Crippen molar-refractivity contribution in [1.82, 2.24) is 29.8 Å². The molecule has 3 heterocycles. The Hall–Kier alpha value is -2.63. The molecule has 13 heteroatoms.